The Morgan fingerprint density at radius 2 is 2.10 bits per heavy atom. The maximum Gasteiger partial charge on any atom is 0.192 e. The SMILES string of the molecule is Cc1nnc(CN=C(NCCCOC2CCCCC2)NCc2cccs2)n1C.I. The zero-order chi connectivity index (χ0) is 19.6. The maximum atomic E-state index is 6.01. The third kappa shape index (κ3) is 8.21. The first-order chi connectivity index (χ1) is 13.7. The third-order valence-corrected chi connectivity index (χ3v) is 5.97. The van der Waals surface area contributed by atoms with Crippen LogP contribution in [-0.2, 0) is 24.9 Å². The highest BCUT2D eigenvalue weighted by molar-refractivity contribution is 14.0. The number of hydrogen-bond donors (Lipinski definition) is 2. The van der Waals surface area contributed by atoms with E-state index in [2.05, 4.69) is 43.3 Å². The van der Waals surface area contributed by atoms with Crippen molar-refractivity contribution in [3.63, 3.8) is 0 Å². The Balaban J connectivity index is 0.00000300. The smallest absolute Gasteiger partial charge is 0.192 e. The molecule has 2 heterocycles. The number of nitrogens with one attached hydrogen (secondary N) is 2. The van der Waals surface area contributed by atoms with Gasteiger partial charge in [0.05, 0.1) is 12.6 Å². The summed E-state index contributed by atoms with van der Waals surface area (Å²) in [5.41, 5.74) is 0. The van der Waals surface area contributed by atoms with Crippen LogP contribution in [0.3, 0.4) is 0 Å². The van der Waals surface area contributed by atoms with Crippen molar-refractivity contribution < 1.29 is 4.74 Å². The molecule has 1 fully saturated rings. The molecular weight excluding hydrogens is 499 g/mol. The molecule has 2 N–H and O–H groups in total. The molecule has 7 nitrogen and oxygen atoms in total. The summed E-state index contributed by atoms with van der Waals surface area (Å²) in [7, 11) is 1.97. The molecule has 0 aliphatic heterocycles. The van der Waals surface area contributed by atoms with Gasteiger partial charge in [0.25, 0.3) is 0 Å². The highest BCUT2D eigenvalue weighted by Crippen LogP contribution is 2.20. The average molecular weight is 532 g/mol. The zero-order valence-electron chi connectivity index (χ0n) is 17.4. The Hall–Kier alpha value is -1.20. The number of nitrogens with zero attached hydrogens (tertiary/aromatic N) is 4. The van der Waals surface area contributed by atoms with Crippen molar-refractivity contribution >= 4 is 41.3 Å². The van der Waals surface area contributed by atoms with Gasteiger partial charge in [0.15, 0.2) is 11.8 Å². The van der Waals surface area contributed by atoms with Gasteiger partial charge < -0.3 is 19.9 Å². The predicted molar refractivity (Wildman–Crippen MR) is 129 cm³/mol. The molecule has 0 aromatic carbocycles. The first kappa shape index (κ1) is 24.1. The van der Waals surface area contributed by atoms with E-state index in [-0.39, 0.29) is 24.0 Å². The van der Waals surface area contributed by atoms with E-state index in [1.54, 1.807) is 11.3 Å². The van der Waals surface area contributed by atoms with Gasteiger partial charge in [-0.2, -0.15) is 0 Å². The molecular formula is C20H33IN6OS. The number of aryl methyl sites for hydroxylation is 1. The van der Waals surface area contributed by atoms with E-state index in [4.69, 9.17) is 4.74 Å². The van der Waals surface area contributed by atoms with Crippen LogP contribution in [0.25, 0.3) is 0 Å². The van der Waals surface area contributed by atoms with Crippen LogP contribution in [0.5, 0.6) is 0 Å². The molecule has 2 aromatic heterocycles. The Labute approximate surface area is 194 Å². The van der Waals surface area contributed by atoms with E-state index in [1.165, 1.54) is 37.0 Å². The lowest BCUT2D eigenvalue weighted by Crippen LogP contribution is -2.37. The van der Waals surface area contributed by atoms with E-state index >= 15 is 0 Å². The lowest BCUT2D eigenvalue weighted by Gasteiger charge is -2.22. The van der Waals surface area contributed by atoms with Gasteiger partial charge in [0, 0.05) is 25.1 Å². The molecule has 29 heavy (non-hydrogen) atoms. The van der Waals surface area contributed by atoms with Gasteiger partial charge in [0.1, 0.15) is 12.4 Å². The molecule has 1 saturated carbocycles. The maximum absolute atomic E-state index is 6.01. The van der Waals surface area contributed by atoms with Crippen LogP contribution in [0.4, 0.5) is 0 Å². The Bertz CT molecular complexity index is 727. The van der Waals surface area contributed by atoms with Gasteiger partial charge in [-0.3, -0.25) is 0 Å². The molecule has 0 amide bonds. The van der Waals surface area contributed by atoms with Gasteiger partial charge in [0.2, 0.25) is 0 Å². The predicted octanol–water partition coefficient (Wildman–Crippen LogP) is 3.78. The largest absolute Gasteiger partial charge is 0.378 e. The number of rotatable bonds is 9. The quantitative estimate of drug-likeness (QED) is 0.223. The number of hydrogen-bond acceptors (Lipinski definition) is 5. The summed E-state index contributed by atoms with van der Waals surface area (Å²) >= 11 is 1.74. The second-order valence-electron chi connectivity index (χ2n) is 7.23. The summed E-state index contributed by atoms with van der Waals surface area (Å²) in [6.45, 7) is 4.84. The van der Waals surface area contributed by atoms with Crippen molar-refractivity contribution in [1.82, 2.24) is 25.4 Å². The third-order valence-electron chi connectivity index (χ3n) is 5.09. The fourth-order valence-electron chi connectivity index (χ4n) is 3.26. The van der Waals surface area contributed by atoms with Crippen LogP contribution < -0.4 is 10.6 Å². The van der Waals surface area contributed by atoms with E-state index in [1.807, 2.05) is 18.5 Å². The average Bonchev–Trinajstić information content (AvgIpc) is 3.35. The molecule has 0 unspecified atom stereocenters. The Kier molecular flexibility index (Phi) is 10.9. The summed E-state index contributed by atoms with van der Waals surface area (Å²) in [6, 6.07) is 4.19. The van der Waals surface area contributed by atoms with Crippen molar-refractivity contribution in [3.05, 3.63) is 34.0 Å². The summed E-state index contributed by atoms with van der Waals surface area (Å²) in [4.78, 5) is 5.97. The fourth-order valence-corrected chi connectivity index (χ4v) is 3.90. The normalized spacial score (nSPS) is 15.2. The molecule has 1 aliphatic carbocycles. The van der Waals surface area contributed by atoms with Crippen LogP contribution in [0, 0.1) is 6.92 Å². The number of ether oxygens (including phenoxy) is 1. The molecule has 1 aliphatic rings. The molecule has 3 rings (SSSR count). The van der Waals surface area contributed by atoms with Crippen molar-refractivity contribution in [2.75, 3.05) is 13.2 Å². The molecule has 0 bridgehead atoms. The molecule has 0 saturated heterocycles. The summed E-state index contributed by atoms with van der Waals surface area (Å²) in [5, 5.41) is 17.2. The minimum Gasteiger partial charge on any atom is -0.378 e. The monoisotopic (exact) mass is 532 g/mol. The minimum atomic E-state index is 0. The Morgan fingerprint density at radius 1 is 1.28 bits per heavy atom. The second kappa shape index (κ2) is 13.2. The molecule has 162 valence electrons. The van der Waals surface area contributed by atoms with Gasteiger partial charge >= 0.3 is 0 Å². The summed E-state index contributed by atoms with van der Waals surface area (Å²) in [5.74, 6) is 2.55. The number of guanidine groups is 1. The molecule has 2 aromatic rings. The standard InChI is InChI=1S/C20H32N6OS.HI/c1-16-24-25-19(26(16)2)15-23-20(22-14-18-10-6-13-28-18)21-11-7-12-27-17-8-4-3-5-9-17;/h6,10,13,17H,3-5,7-9,11-12,14-15H2,1-2H3,(H2,21,22,23);1H. The van der Waals surface area contributed by atoms with E-state index in [0.717, 1.165) is 43.7 Å². The first-order valence-corrected chi connectivity index (χ1v) is 11.1. The lowest BCUT2D eigenvalue weighted by atomic mass is 9.98. The van der Waals surface area contributed by atoms with Gasteiger partial charge in [-0.15, -0.1) is 45.5 Å². The van der Waals surface area contributed by atoms with E-state index < -0.39 is 0 Å². The van der Waals surface area contributed by atoms with Crippen LogP contribution in [0.1, 0.15) is 55.1 Å². The highest BCUT2D eigenvalue weighted by Gasteiger charge is 2.13. The second-order valence-corrected chi connectivity index (χ2v) is 8.26. The van der Waals surface area contributed by atoms with E-state index in [0.29, 0.717) is 12.6 Å². The molecule has 0 radical (unpaired) electrons. The molecule has 9 heteroatoms. The summed E-state index contributed by atoms with van der Waals surface area (Å²) in [6.07, 6.45) is 7.88. The molecule has 0 atom stereocenters. The van der Waals surface area contributed by atoms with Gasteiger partial charge in [-0.1, -0.05) is 25.3 Å². The number of aliphatic imine (C=N–C) groups is 1. The van der Waals surface area contributed by atoms with Crippen LogP contribution in [0.15, 0.2) is 22.5 Å². The number of thiophene rings is 1. The zero-order valence-corrected chi connectivity index (χ0v) is 20.5. The highest BCUT2D eigenvalue weighted by atomic mass is 127. The minimum absolute atomic E-state index is 0. The first-order valence-electron chi connectivity index (χ1n) is 10.2. The topological polar surface area (TPSA) is 76.4 Å². The van der Waals surface area contributed by atoms with Crippen LogP contribution in [-0.4, -0.2) is 40.0 Å². The Morgan fingerprint density at radius 3 is 2.79 bits per heavy atom. The van der Waals surface area contributed by atoms with Crippen molar-refractivity contribution in [1.29, 1.82) is 0 Å². The van der Waals surface area contributed by atoms with Crippen molar-refractivity contribution in [2.45, 2.75) is 64.6 Å². The number of aromatic nitrogens is 3. The molecule has 0 spiro atoms. The number of halogens is 1. The van der Waals surface area contributed by atoms with Crippen molar-refractivity contribution in [3.8, 4) is 0 Å². The summed E-state index contributed by atoms with van der Waals surface area (Å²) < 4.78 is 7.98. The van der Waals surface area contributed by atoms with Crippen molar-refractivity contribution in [2.24, 2.45) is 12.0 Å². The van der Waals surface area contributed by atoms with Crippen LogP contribution in [0.2, 0.25) is 0 Å². The van der Waals surface area contributed by atoms with Gasteiger partial charge in [-0.25, -0.2) is 4.99 Å². The van der Waals surface area contributed by atoms with Crippen LogP contribution >= 0.6 is 35.3 Å². The fraction of sp³-hybridized carbons (Fsp3) is 0.650. The van der Waals surface area contributed by atoms with Gasteiger partial charge in [-0.05, 0) is 37.6 Å². The van der Waals surface area contributed by atoms with E-state index in [9.17, 15) is 0 Å². The lowest BCUT2D eigenvalue weighted by molar-refractivity contribution is 0.0277.